The topological polar surface area (TPSA) is 99.3 Å². The molecular weight excluding hydrogens is 350 g/mol. The summed E-state index contributed by atoms with van der Waals surface area (Å²) in [5, 5.41) is 17.2. The molecule has 0 atom stereocenters. The van der Waals surface area contributed by atoms with Gasteiger partial charge in [-0.1, -0.05) is 11.6 Å². The minimum atomic E-state index is -2.74. The molecule has 0 aliphatic heterocycles. The van der Waals surface area contributed by atoms with E-state index >= 15 is 0 Å². The van der Waals surface area contributed by atoms with Gasteiger partial charge in [0.25, 0.3) is 18.0 Å². The van der Waals surface area contributed by atoms with Crippen LogP contribution in [0, 0.1) is 10.1 Å². The first-order valence-corrected chi connectivity index (χ1v) is 6.85. The zero-order valence-electron chi connectivity index (χ0n) is 12.2. The van der Waals surface area contributed by atoms with Crippen LogP contribution >= 0.6 is 11.6 Å². The van der Waals surface area contributed by atoms with Crippen LogP contribution in [0.2, 0.25) is 5.02 Å². The van der Waals surface area contributed by atoms with Crippen LogP contribution in [-0.4, -0.2) is 33.6 Å². The molecular formula is C13H11ClF2N4O4. The highest BCUT2D eigenvalue weighted by Crippen LogP contribution is 2.27. The minimum absolute atomic E-state index is 0.00395. The Kier molecular flexibility index (Phi) is 5.29. The van der Waals surface area contributed by atoms with E-state index in [1.54, 1.807) is 0 Å². The van der Waals surface area contributed by atoms with Gasteiger partial charge in [-0.3, -0.25) is 19.6 Å². The molecule has 0 saturated heterocycles. The summed E-state index contributed by atoms with van der Waals surface area (Å²) in [5.74, 6) is -0.837. The number of aromatic nitrogens is 2. The Morgan fingerprint density at radius 1 is 1.50 bits per heavy atom. The van der Waals surface area contributed by atoms with Crippen molar-refractivity contribution in [3.63, 3.8) is 0 Å². The van der Waals surface area contributed by atoms with Gasteiger partial charge >= 0.3 is 0 Å². The second kappa shape index (κ2) is 7.21. The van der Waals surface area contributed by atoms with Crippen LogP contribution in [0.1, 0.15) is 10.5 Å². The molecule has 1 aromatic heterocycles. The van der Waals surface area contributed by atoms with E-state index in [1.807, 2.05) is 0 Å². The second-order valence-electron chi connectivity index (χ2n) is 4.59. The van der Waals surface area contributed by atoms with Crippen LogP contribution in [0.4, 0.5) is 20.2 Å². The fourth-order valence-electron chi connectivity index (χ4n) is 1.86. The predicted octanol–water partition coefficient (Wildman–Crippen LogP) is 2.88. The van der Waals surface area contributed by atoms with Crippen molar-refractivity contribution in [3.05, 3.63) is 45.2 Å². The zero-order chi connectivity index (χ0) is 17.9. The summed E-state index contributed by atoms with van der Waals surface area (Å²) in [7, 11) is 1.49. The summed E-state index contributed by atoms with van der Waals surface area (Å²) in [5.41, 5.74) is -0.387. The van der Waals surface area contributed by atoms with Gasteiger partial charge in [-0.15, -0.1) is 0 Å². The van der Waals surface area contributed by atoms with Gasteiger partial charge in [-0.2, -0.15) is 5.10 Å². The lowest BCUT2D eigenvalue weighted by molar-refractivity contribution is -0.384. The Morgan fingerprint density at radius 2 is 2.21 bits per heavy atom. The highest BCUT2D eigenvalue weighted by Gasteiger charge is 2.18. The largest absolute Gasteiger partial charge is 0.487 e. The molecule has 24 heavy (non-hydrogen) atoms. The molecule has 1 N–H and O–H groups in total. The van der Waals surface area contributed by atoms with E-state index in [2.05, 4.69) is 10.4 Å². The number of nitrogens with zero attached hydrogens (tertiary/aromatic N) is 3. The molecule has 1 amide bonds. The molecule has 8 nitrogen and oxygen atoms in total. The summed E-state index contributed by atoms with van der Waals surface area (Å²) in [4.78, 5) is 22.4. The third-order valence-corrected chi connectivity index (χ3v) is 3.12. The number of non-ortho nitro benzene ring substituents is 1. The van der Waals surface area contributed by atoms with Gasteiger partial charge in [0.15, 0.2) is 0 Å². The lowest BCUT2D eigenvalue weighted by Crippen LogP contribution is -2.17. The second-order valence-corrected chi connectivity index (χ2v) is 5.00. The average molecular weight is 361 g/mol. The van der Waals surface area contributed by atoms with Crippen LogP contribution in [-0.2, 0) is 7.05 Å². The van der Waals surface area contributed by atoms with Gasteiger partial charge in [-0.05, 0) is 0 Å². The number of anilines is 1. The molecule has 0 radical (unpaired) electrons. The van der Waals surface area contributed by atoms with E-state index in [0.717, 1.165) is 12.1 Å². The molecule has 0 spiro atoms. The average Bonchev–Trinajstić information content (AvgIpc) is 2.84. The van der Waals surface area contributed by atoms with E-state index in [-0.39, 0.29) is 22.2 Å². The predicted molar refractivity (Wildman–Crippen MR) is 80.8 cm³/mol. The first kappa shape index (κ1) is 17.6. The SMILES string of the molecule is Cn1ncc(Cl)c1C(=O)Nc1cc(OCC(F)F)cc([N+](=O)[O-])c1. The van der Waals surface area contributed by atoms with Crippen LogP contribution in [0.25, 0.3) is 0 Å². The highest BCUT2D eigenvalue weighted by atomic mass is 35.5. The summed E-state index contributed by atoms with van der Waals surface area (Å²) >= 11 is 5.84. The highest BCUT2D eigenvalue weighted by molar-refractivity contribution is 6.34. The first-order chi connectivity index (χ1) is 11.3. The first-order valence-electron chi connectivity index (χ1n) is 6.47. The Hall–Kier alpha value is -2.75. The molecule has 0 saturated carbocycles. The maximum Gasteiger partial charge on any atom is 0.275 e. The molecule has 128 valence electrons. The van der Waals surface area contributed by atoms with Crippen molar-refractivity contribution in [1.82, 2.24) is 9.78 Å². The maximum absolute atomic E-state index is 12.2. The normalized spacial score (nSPS) is 10.7. The summed E-state index contributed by atoms with van der Waals surface area (Å²) in [6.07, 6.45) is -1.48. The number of ether oxygens (including phenoxy) is 1. The third-order valence-electron chi connectivity index (χ3n) is 2.85. The lowest BCUT2D eigenvalue weighted by atomic mass is 10.2. The summed E-state index contributed by atoms with van der Waals surface area (Å²) in [6.45, 7) is -0.928. The van der Waals surface area contributed by atoms with Crippen LogP contribution in [0.15, 0.2) is 24.4 Å². The molecule has 2 aromatic rings. The number of carbonyl (C=O) groups is 1. The third kappa shape index (κ3) is 4.16. The number of benzene rings is 1. The fourth-order valence-corrected chi connectivity index (χ4v) is 2.11. The summed E-state index contributed by atoms with van der Waals surface area (Å²) in [6, 6.07) is 3.24. The number of amides is 1. The minimum Gasteiger partial charge on any atom is -0.487 e. The molecule has 0 bridgehead atoms. The van der Waals surface area contributed by atoms with Crippen molar-refractivity contribution < 1.29 is 23.2 Å². The number of alkyl halides is 2. The van der Waals surface area contributed by atoms with Gasteiger partial charge in [-0.25, -0.2) is 8.78 Å². The van der Waals surface area contributed by atoms with Crippen molar-refractivity contribution in [1.29, 1.82) is 0 Å². The monoisotopic (exact) mass is 360 g/mol. The molecule has 1 aromatic carbocycles. The number of nitrogens with one attached hydrogen (secondary N) is 1. The Balaban J connectivity index is 2.28. The molecule has 0 fully saturated rings. The van der Waals surface area contributed by atoms with Crippen molar-refractivity contribution in [2.45, 2.75) is 6.43 Å². The van der Waals surface area contributed by atoms with Gasteiger partial charge in [0, 0.05) is 19.2 Å². The maximum atomic E-state index is 12.2. The van der Waals surface area contributed by atoms with Gasteiger partial charge in [0.1, 0.15) is 18.1 Å². The number of halogens is 3. The zero-order valence-corrected chi connectivity index (χ0v) is 13.0. The number of nitro benzene ring substituents is 1. The van der Waals surface area contributed by atoms with Crippen molar-refractivity contribution >= 4 is 28.9 Å². The number of aryl methyl sites for hydroxylation is 1. The van der Waals surface area contributed by atoms with Crippen molar-refractivity contribution in [3.8, 4) is 5.75 Å². The Bertz CT molecular complexity index is 762. The number of carbonyl (C=O) groups excluding carboxylic acids is 1. The molecule has 0 aliphatic carbocycles. The van der Waals surface area contributed by atoms with Crippen LogP contribution < -0.4 is 10.1 Å². The lowest BCUT2D eigenvalue weighted by Gasteiger charge is -2.09. The van der Waals surface area contributed by atoms with Gasteiger partial charge < -0.3 is 10.1 Å². The standard InChI is InChI=1S/C13H11ClF2N4O4/c1-19-12(10(14)5-17-19)13(21)18-7-2-8(20(22)23)4-9(3-7)24-6-11(15)16/h2-5,11H,6H2,1H3,(H,18,21). The van der Waals surface area contributed by atoms with E-state index < -0.39 is 29.6 Å². The van der Waals surface area contributed by atoms with Gasteiger partial charge in [0.05, 0.1) is 27.9 Å². The van der Waals surface area contributed by atoms with E-state index in [4.69, 9.17) is 16.3 Å². The summed E-state index contributed by atoms with van der Waals surface area (Å²) < 4.78 is 30.4. The molecule has 0 unspecified atom stereocenters. The van der Waals surface area contributed by atoms with Crippen molar-refractivity contribution in [2.75, 3.05) is 11.9 Å². The van der Waals surface area contributed by atoms with Crippen LogP contribution in [0.5, 0.6) is 5.75 Å². The molecule has 0 aliphatic rings. The number of hydrogen-bond donors (Lipinski definition) is 1. The molecule has 2 rings (SSSR count). The van der Waals surface area contributed by atoms with E-state index in [9.17, 15) is 23.7 Å². The van der Waals surface area contributed by atoms with E-state index in [0.29, 0.717) is 0 Å². The number of rotatable bonds is 6. The quantitative estimate of drug-likeness (QED) is 0.630. The number of hydrogen-bond acceptors (Lipinski definition) is 5. The van der Waals surface area contributed by atoms with Crippen molar-refractivity contribution in [2.24, 2.45) is 7.05 Å². The van der Waals surface area contributed by atoms with E-state index in [1.165, 1.54) is 24.0 Å². The smallest absolute Gasteiger partial charge is 0.275 e. The number of nitro groups is 1. The van der Waals surface area contributed by atoms with Crippen LogP contribution in [0.3, 0.4) is 0 Å². The fraction of sp³-hybridized carbons (Fsp3) is 0.231. The Labute approximate surface area is 139 Å². The molecule has 1 heterocycles. The Morgan fingerprint density at radius 3 is 2.75 bits per heavy atom. The molecule has 11 heteroatoms. The van der Waals surface area contributed by atoms with Gasteiger partial charge in [0.2, 0.25) is 0 Å².